The van der Waals surface area contributed by atoms with E-state index >= 15 is 0 Å². The summed E-state index contributed by atoms with van der Waals surface area (Å²) in [5.74, 6) is 8.46. The van der Waals surface area contributed by atoms with Crippen molar-refractivity contribution >= 4 is 0 Å². The minimum atomic E-state index is 0. The number of fused-ring (bicyclic) bond motifs is 4. The van der Waals surface area contributed by atoms with Crippen molar-refractivity contribution in [1.82, 2.24) is 26.6 Å². The van der Waals surface area contributed by atoms with Crippen molar-refractivity contribution in [2.24, 2.45) is 47.3 Å². The third kappa shape index (κ3) is 9.25. The van der Waals surface area contributed by atoms with Crippen molar-refractivity contribution < 1.29 is 0 Å². The number of piperidine rings is 3. The van der Waals surface area contributed by atoms with Gasteiger partial charge in [-0.25, -0.2) is 0 Å². The summed E-state index contributed by atoms with van der Waals surface area (Å²) in [4.78, 5) is 0. The Morgan fingerprint density at radius 2 is 0.686 bits per heavy atom. The van der Waals surface area contributed by atoms with Crippen LogP contribution in [0.4, 0.5) is 0 Å². The minimum absolute atomic E-state index is 0. The molecule has 5 N–H and O–H groups in total. The monoisotopic (exact) mass is 496 g/mol. The molecule has 5 heterocycles. The van der Waals surface area contributed by atoms with Gasteiger partial charge in [0.2, 0.25) is 0 Å². The van der Waals surface area contributed by atoms with Gasteiger partial charge >= 0.3 is 0 Å². The van der Waals surface area contributed by atoms with Crippen molar-refractivity contribution in [3.05, 3.63) is 0 Å². The van der Waals surface area contributed by atoms with Crippen molar-refractivity contribution in [3.63, 3.8) is 0 Å². The Balaban J connectivity index is 0.000000227. The molecular weight excluding hydrogens is 430 g/mol. The van der Waals surface area contributed by atoms with Crippen molar-refractivity contribution in [1.29, 1.82) is 0 Å². The summed E-state index contributed by atoms with van der Waals surface area (Å²) in [5, 5.41) is 17.0. The Bertz CT molecular complexity index is 475. The summed E-state index contributed by atoms with van der Waals surface area (Å²) in [5.41, 5.74) is 0. The second-order valence-electron chi connectivity index (χ2n) is 11.8. The lowest BCUT2D eigenvalue weighted by Crippen LogP contribution is -2.35. The van der Waals surface area contributed by atoms with Crippen LogP contribution in [-0.2, 0) is 0 Å². The molecule has 3 saturated carbocycles. The van der Waals surface area contributed by atoms with Crippen molar-refractivity contribution in [3.8, 4) is 0 Å². The first-order chi connectivity index (χ1) is 15.4. The fourth-order valence-electron chi connectivity index (χ4n) is 7.17. The molecule has 210 valence electrons. The average Bonchev–Trinajstić information content (AvgIpc) is 3.31. The molecule has 8 unspecified atom stereocenters. The fourth-order valence-corrected chi connectivity index (χ4v) is 7.17. The summed E-state index contributed by atoms with van der Waals surface area (Å²) in [6.07, 6.45) is 11.9. The Morgan fingerprint density at radius 1 is 0.314 bits per heavy atom. The first kappa shape index (κ1) is 32.8. The number of nitrogens with one attached hydrogen (secondary N) is 5. The van der Waals surface area contributed by atoms with Gasteiger partial charge in [0.1, 0.15) is 0 Å². The first-order valence-electron chi connectivity index (χ1n) is 13.9. The van der Waals surface area contributed by atoms with E-state index in [9.17, 15) is 0 Å². The molecule has 5 nitrogen and oxygen atoms in total. The molecule has 0 aromatic carbocycles. The zero-order chi connectivity index (χ0) is 20.9. The summed E-state index contributed by atoms with van der Waals surface area (Å²) in [6, 6.07) is 0. The number of hydrogen-bond donors (Lipinski definition) is 5. The van der Waals surface area contributed by atoms with Crippen LogP contribution in [-0.4, -0.2) is 65.4 Å². The van der Waals surface area contributed by atoms with Gasteiger partial charge in [-0.1, -0.05) is 42.5 Å². The van der Waals surface area contributed by atoms with Gasteiger partial charge in [0.15, 0.2) is 0 Å². The van der Waals surface area contributed by atoms with Crippen LogP contribution in [0.2, 0.25) is 0 Å². The second kappa shape index (κ2) is 16.6. The molecule has 3 aliphatic carbocycles. The largest absolute Gasteiger partial charge is 0.316 e. The predicted molar refractivity (Wildman–Crippen MR) is 156 cm³/mol. The van der Waals surface area contributed by atoms with E-state index in [0.717, 1.165) is 47.3 Å². The Labute approximate surface area is 220 Å². The average molecular weight is 496 g/mol. The van der Waals surface area contributed by atoms with E-state index in [1.165, 1.54) is 117 Å². The topological polar surface area (TPSA) is 60.1 Å². The maximum Gasteiger partial charge on any atom is -0.000511 e. The lowest BCUT2D eigenvalue weighted by molar-refractivity contribution is 0.243. The van der Waals surface area contributed by atoms with Crippen LogP contribution in [0.5, 0.6) is 0 Å². The predicted octanol–water partition coefficient (Wildman–Crippen LogP) is 4.60. The Hall–Kier alpha value is -0.200. The van der Waals surface area contributed by atoms with E-state index in [2.05, 4.69) is 26.6 Å². The van der Waals surface area contributed by atoms with Crippen LogP contribution in [0.3, 0.4) is 0 Å². The summed E-state index contributed by atoms with van der Waals surface area (Å²) >= 11 is 0. The summed E-state index contributed by atoms with van der Waals surface area (Å²) in [6.45, 7) is 12.8. The molecular formula is C30H65N5. The SMILES string of the molecule is C.C.C.C.C1CC2CCNCC2C1.C1CC2CNCC12.C1CC2CNCC2CN1.C1NCC2CC12. The van der Waals surface area contributed by atoms with Crippen LogP contribution in [0.15, 0.2) is 0 Å². The molecule has 8 aliphatic rings. The van der Waals surface area contributed by atoms with Crippen molar-refractivity contribution in [2.45, 2.75) is 81.1 Å². The van der Waals surface area contributed by atoms with E-state index < -0.39 is 0 Å². The van der Waals surface area contributed by atoms with Crippen LogP contribution >= 0.6 is 0 Å². The van der Waals surface area contributed by atoms with Gasteiger partial charge in [0.05, 0.1) is 0 Å². The highest BCUT2D eigenvalue weighted by Crippen LogP contribution is 2.40. The van der Waals surface area contributed by atoms with Gasteiger partial charge in [-0.05, 0) is 151 Å². The maximum atomic E-state index is 3.46. The smallest absolute Gasteiger partial charge is 0.000511 e. The van der Waals surface area contributed by atoms with Gasteiger partial charge in [0.25, 0.3) is 0 Å². The van der Waals surface area contributed by atoms with E-state index in [1.807, 2.05) is 0 Å². The molecule has 0 aromatic heterocycles. The lowest BCUT2D eigenvalue weighted by atomic mass is 9.77. The normalized spacial score (nSPS) is 40.5. The quantitative estimate of drug-likeness (QED) is 0.340. The lowest BCUT2D eigenvalue weighted by Gasteiger charge is -2.28. The maximum absolute atomic E-state index is 3.46. The van der Waals surface area contributed by atoms with Crippen LogP contribution in [0, 0.1) is 47.3 Å². The first-order valence-corrected chi connectivity index (χ1v) is 13.9. The van der Waals surface area contributed by atoms with Crippen LogP contribution in [0.25, 0.3) is 0 Å². The zero-order valence-electron chi connectivity index (χ0n) is 19.8. The van der Waals surface area contributed by atoms with Gasteiger partial charge in [0, 0.05) is 0 Å². The van der Waals surface area contributed by atoms with Gasteiger partial charge in [-0.3, -0.25) is 0 Å². The molecule has 0 aromatic rings. The minimum Gasteiger partial charge on any atom is -0.316 e. The summed E-state index contributed by atoms with van der Waals surface area (Å²) in [7, 11) is 0. The molecule has 0 bridgehead atoms. The molecule has 5 heteroatoms. The van der Waals surface area contributed by atoms with E-state index in [0.29, 0.717) is 0 Å². The molecule has 8 rings (SSSR count). The molecule has 8 atom stereocenters. The fraction of sp³-hybridized carbons (Fsp3) is 1.00. The molecule has 8 fully saturated rings. The molecule has 5 aliphatic heterocycles. The highest BCUT2D eigenvalue weighted by atomic mass is 15.0. The van der Waals surface area contributed by atoms with Gasteiger partial charge in [-0.15, -0.1) is 0 Å². The Morgan fingerprint density at radius 3 is 1.11 bits per heavy atom. The third-order valence-electron chi connectivity index (χ3n) is 9.76. The zero-order valence-corrected chi connectivity index (χ0v) is 19.8. The number of hydrogen-bond acceptors (Lipinski definition) is 5. The number of rotatable bonds is 0. The molecule has 35 heavy (non-hydrogen) atoms. The summed E-state index contributed by atoms with van der Waals surface area (Å²) < 4.78 is 0. The molecule has 0 amide bonds. The van der Waals surface area contributed by atoms with Crippen molar-refractivity contribution in [2.75, 3.05) is 65.4 Å². The standard InChI is InChI=1S/C8H15N.C7H14N2.C6H11N.C5H9N.4CH4/c1-2-7-4-5-9-6-8(7)3-1;1-2-8-4-7-5-9-3-6(1)7;1-2-6-4-7-3-5(1)6;1-4-2-6-3-5(1)4;;;;/h7-9H,1-6H2;6-9H,1-5H2;5-7H,1-4H2;4-6H,1-3H2;4*1H4. The van der Waals surface area contributed by atoms with Crippen LogP contribution < -0.4 is 26.6 Å². The highest BCUT2D eigenvalue weighted by molar-refractivity contribution is 4.94. The molecule has 0 spiro atoms. The van der Waals surface area contributed by atoms with Gasteiger partial charge < -0.3 is 26.6 Å². The molecule has 5 saturated heterocycles. The van der Waals surface area contributed by atoms with Crippen LogP contribution in [0.1, 0.15) is 81.1 Å². The van der Waals surface area contributed by atoms with E-state index in [4.69, 9.17) is 0 Å². The van der Waals surface area contributed by atoms with Gasteiger partial charge in [-0.2, -0.15) is 0 Å². The highest BCUT2D eigenvalue weighted by Gasteiger charge is 2.40. The van der Waals surface area contributed by atoms with E-state index in [-0.39, 0.29) is 29.7 Å². The Kier molecular flexibility index (Phi) is 15.6. The second-order valence-corrected chi connectivity index (χ2v) is 11.8. The van der Waals surface area contributed by atoms with E-state index in [1.54, 1.807) is 0 Å². The molecule has 0 radical (unpaired) electrons. The third-order valence-corrected chi connectivity index (χ3v) is 9.76.